The van der Waals surface area contributed by atoms with Crippen molar-refractivity contribution in [2.24, 2.45) is 5.73 Å². The molecule has 0 radical (unpaired) electrons. The molecule has 0 fully saturated rings. The van der Waals surface area contributed by atoms with Crippen LogP contribution in [0.25, 0.3) is 22.3 Å². The summed E-state index contributed by atoms with van der Waals surface area (Å²) in [4.78, 5) is 16.7. The Kier molecular flexibility index (Phi) is 6.64. The third kappa shape index (κ3) is 4.37. The minimum Gasteiger partial charge on any atom is -0.472 e. The van der Waals surface area contributed by atoms with Gasteiger partial charge in [-0.1, -0.05) is 25.1 Å². The molecule has 1 aromatic carbocycles. The predicted octanol–water partition coefficient (Wildman–Crippen LogP) is 5.29. The number of carbonyl (C=O) groups is 1. The van der Waals surface area contributed by atoms with Crippen LogP contribution in [0.1, 0.15) is 34.5 Å². The van der Waals surface area contributed by atoms with Crippen LogP contribution in [-0.2, 0) is 23.0 Å². The van der Waals surface area contributed by atoms with Gasteiger partial charge in [0, 0.05) is 27.6 Å². The Morgan fingerprint density at radius 3 is 2.53 bits per heavy atom. The fraction of sp³-hybridized carbons (Fsp3) is 0.217. The van der Waals surface area contributed by atoms with Gasteiger partial charge < -0.3 is 14.7 Å². The predicted molar refractivity (Wildman–Crippen MR) is 131 cm³/mol. The van der Waals surface area contributed by atoms with Crippen LogP contribution in [-0.4, -0.2) is 29.4 Å². The molecule has 0 atom stereocenters. The lowest BCUT2D eigenvalue weighted by Crippen LogP contribution is -2.30. The molecule has 36 heavy (non-hydrogen) atoms. The summed E-state index contributed by atoms with van der Waals surface area (Å²) >= 11 is 3.52. The molecule has 2 aromatic rings. The van der Waals surface area contributed by atoms with Crippen molar-refractivity contribution in [3.8, 4) is 22.3 Å². The minimum atomic E-state index is -5.68. The molecular weight excluding hydrogens is 565 g/mol. The van der Waals surface area contributed by atoms with Gasteiger partial charge in [0.25, 0.3) is 5.91 Å². The molecule has 1 aliphatic heterocycles. The van der Waals surface area contributed by atoms with Crippen LogP contribution in [0.4, 0.5) is 18.9 Å². The minimum absolute atomic E-state index is 0.0874. The zero-order valence-corrected chi connectivity index (χ0v) is 21.4. The second-order valence-electron chi connectivity index (χ2n) is 7.91. The van der Waals surface area contributed by atoms with Gasteiger partial charge in [-0.05, 0) is 46.1 Å². The number of para-hydroxylation sites is 1. The van der Waals surface area contributed by atoms with Gasteiger partial charge in [0.15, 0.2) is 0 Å². The summed E-state index contributed by atoms with van der Waals surface area (Å²) in [7, 11) is -5.68. The topological polar surface area (TPSA) is 120 Å². The summed E-state index contributed by atoms with van der Waals surface area (Å²) in [6.07, 6.45) is 3.39. The van der Waals surface area contributed by atoms with Gasteiger partial charge >= 0.3 is 15.5 Å². The molecule has 4 rings (SSSR count). The second kappa shape index (κ2) is 9.28. The highest BCUT2D eigenvalue weighted by molar-refractivity contribution is 9.10. The number of rotatable bonds is 7. The van der Waals surface area contributed by atoms with E-state index in [4.69, 9.17) is 10.2 Å². The van der Waals surface area contributed by atoms with Crippen molar-refractivity contribution in [1.82, 2.24) is 9.55 Å². The van der Waals surface area contributed by atoms with E-state index in [0.717, 1.165) is 0 Å². The van der Waals surface area contributed by atoms with E-state index in [1.165, 1.54) is 30.7 Å². The highest BCUT2D eigenvalue weighted by Gasteiger charge is 2.46. The monoisotopic (exact) mass is 584 g/mol. The van der Waals surface area contributed by atoms with Crippen molar-refractivity contribution in [2.45, 2.75) is 32.3 Å². The Morgan fingerprint density at radius 1 is 1.19 bits per heavy atom. The highest BCUT2D eigenvalue weighted by Crippen LogP contribution is 2.48. The quantitative estimate of drug-likeness (QED) is 0.306. The van der Waals surface area contributed by atoms with E-state index in [1.807, 2.05) is 6.92 Å². The number of nitrogens with zero attached hydrogens (tertiary/aromatic N) is 2. The van der Waals surface area contributed by atoms with Crippen molar-refractivity contribution < 1.29 is 30.8 Å². The molecular formula is C23H20BrF3N4O4S. The standard InChI is InChI=1S/C23H20BrF3N4O4S/c1-3-18-29-12(2)21(22(28)32)31(18)10-15-13-8-9-35-11-16(13)20(24)19(15)14-6-4-5-7-17(14)30-36(33,34)23(25,26)27/h4-9,11,30H,3,10H2,1-2H3,(H2,28,32). The summed E-state index contributed by atoms with van der Waals surface area (Å²) in [6, 6.07) is 7.42. The first-order chi connectivity index (χ1) is 16.9. The largest absolute Gasteiger partial charge is 0.516 e. The summed E-state index contributed by atoms with van der Waals surface area (Å²) < 4.78 is 72.4. The molecule has 0 saturated heterocycles. The number of aryl methyl sites for hydroxylation is 2. The fourth-order valence-corrected chi connectivity index (χ4v) is 5.52. The zero-order valence-electron chi connectivity index (χ0n) is 19.0. The molecule has 3 N–H and O–H groups in total. The molecule has 0 unspecified atom stereocenters. The average molecular weight is 585 g/mol. The number of aromatic nitrogens is 2. The number of imidazole rings is 1. The maximum atomic E-state index is 13.1. The molecule has 1 amide bonds. The summed E-state index contributed by atoms with van der Waals surface area (Å²) in [5.41, 5.74) is 3.01. The molecule has 2 aliphatic rings. The summed E-state index contributed by atoms with van der Waals surface area (Å²) in [5, 5.41) is 0. The Hall–Kier alpha value is -3.32. The Bertz CT molecular complexity index is 1540. The Balaban J connectivity index is 1.98. The van der Waals surface area contributed by atoms with Crippen molar-refractivity contribution in [3.05, 3.63) is 70.1 Å². The lowest BCUT2D eigenvalue weighted by atomic mass is 10.0. The van der Waals surface area contributed by atoms with Gasteiger partial charge in [-0.15, -0.1) is 0 Å². The third-order valence-electron chi connectivity index (χ3n) is 5.70. The molecule has 0 spiro atoms. The first-order valence-electron chi connectivity index (χ1n) is 10.6. The smallest absolute Gasteiger partial charge is 0.472 e. The number of primary amides is 1. The number of amides is 1. The normalized spacial score (nSPS) is 12.3. The van der Waals surface area contributed by atoms with Crippen LogP contribution < -0.4 is 10.5 Å². The molecule has 0 bridgehead atoms. The number of sulfonamides is 1. The van der Waals surface area contributed by atoms with E-state index in [0.29, 0.717) is 44.7 Å². The van der Waals surface area contributed by atoms with E-state index >= 15 is 0 Å². The van der Waals surface area contributed by atoms with Gasteiger partial charge in [-0.2, -0.15) is 21.6 Å². The van der Waals surface area contributed by atoms with Crippen molar-refractivity contribution >= 4 is 37.5 Å². The molecule has 8 nitrogen and oxygen atoms in total. The lowest BCUT2D eigenvalue weighted by Gasteiger charge is -2.17. The van der Waals surface area contributed by atoms with Crippen LogP contribution in [0.3, 0.4) is 0 Å². The SMILES string of the molecule is CCc1nc(C)c(C(N)=O)n1Cc1c2ccocc-2c(Br)c1-c1ccccc1NS(=O)(=O)C(F)(F)F. The molecule has 0 saturated carbocycles. The van der Waals surface area contributed by atoms with Gasteiger partial charge in [0.05, 0.1) is 30.5 Å². The molecule has 1 aromatic heterocycles. The number of anilines is 1. The molecule has 1 aliphatic carbocycles. The Morgan fingerprint density at radius 2 is 1.89 bits per heavy atom. The van der Waals surface area contributed by atoms with E-state index in [-0.39, 0.29) is 23.5 Å². The third-order valence-corrected chi connectivity index (χ3v) is 7.63. The number of hydrogen-bond donors (Lipinski definition) is 2. The van der Waals surface area contributed by atoms with Crippen molar-refractivity contribution in [2.75, 3.05) is 4.72 Å². The maximum Gasteiger partial charge on any atom is 0.516 e. The van der Waals surface area contributed by atoms with Gasteiger partial charge in [0.1, 0.15) is 11.5 Å². The van der Waals surface area contributed by atoms with Crippen molar-refractivity contribution in [1.29, 1.82) is 0 Å². The van der Waals surface area contributed by atoms with Gasteiger partial charge in [-0.3, -0.25) is 9.52 Å². The zero-order chi connectivity index (χ0) is 26.4. The van der Waals surface area contributed by atoms with Gasteiger partial charge in [-0.25, -0.2) is 4.98 Å². The maximum absolute atomic E-state index is 13.1. The highest BCUT2D eigenvalue weighted by atomic mass is 79.9. The molecule has 190 valence electrons. The number of carbonyl (C=O) groups excluding carboxylic acids is 1. The van der Waals surface area contributed by atoms with Crippen LogP contribution in [0.15, 0.2) is 51.7 Å². The molecule has 13 heteroatoms. The van der Waals surface area contributed by atoms with Crippen molar-refractivity contribution in [3.63, 3.8) is 0 Å². The number of benzene rings is 1. The fourth-order valence-electron chi connectivity index (χ4n) is 4.18. The second-order valence-corrected chi connectivity index (χ2v) is 10.4. The Labute approximate surface area is 212 Å². The van der Waals surface area contributed by atoms with E-state index in [9.17, 15) is 26.4 Å². The lowest BCUT2D eigenvalue weighted by molar-refractivity contribution is -0.0429. The van der Waals surface area contributed by atoms with E-state index < -0.39 is 21.4 Å². The molecule has 2 heterocycles. The van der Waals surface area contributed by atoms with Crippen LogP contribution in [0.5, 0.6) is 0 Å². The van der Waals surface area contributed by atoms with Gasteiger partial charge in [0.2, 0.25) is 0 Å². The van der Waals surface area contributed by atoms with Crippen LogP contribution >= 0.6 is 15.9 Å². The van der Waals surface area contributed by atoms with E-state index in [2.05, 4.69) is 20.9 Å². The first kappa shape index (κ1) is 25.8. The number of alkyl halides is 3. The summed E-state index contributed by atoms with van der Waals surface area (Å²) in [6.45, 7) is 3.61. The first-order valence-corrected chi connectivity index (χ1v) is 12.9. The number of halogens is 4. The number of nitrogens with one attached hydrogen (secondary N) is 1. The number of fused-ring (bicyclic) bond motifs is 1. The average Bonchev–Trinajstić information content (AvgIpc) is 3.27. The summed E-state index contributed by atoms with van der Waals surface area (Å²) in [5.74, 6) is -0.0890. The number of hydrogen-bond acceptors (Lipinski definition) is 5. The number of nitrogens with two attached hydrogens (primary N) is 1. The van der Waals surface area contributed by atoms with Crippen LogP contribution in [0, 0.1) is 6.92 Å². The van der Waals surface area contributed by atoms with E-state index in [1.54, 1.807) is 28.3 Å². The van der Waals surface area contributed by atoms with Crippen LogP contribution in [0.2, 0.25) is 0 Å².